The molecule has 0 saturated heterocycles. The van der Waals surface area contributed by atoms with Crippen LogP contribution in [0.1, 0.15) is 35.4 Å². The number of alkyl halides is 1. The van der Waals surface area contributed by atoms with Crippen LogP contribution in [0.2, 0.25) is 0 Å². The fourth-order valence-electron chi connectivity index (χ4n) is 1.57. The molecule has 0 spiro atoms. The number of rotatable bonds is 4. The van der Waals surface area contributed by atoms with Crippen LogP contribution < -0.4 is 0 Å². The van der Waals surface area contributed by atoms with Crippen molar-refractivity contribution >= 4 is 21.7 Å². The van der Waals surface area contributed by atoms with Crippen molar-refractivity contribution in [1.82, 2.24) is 0 Å². The summed E-state index contributed by atoms with van der Waals surface area (Å²) in [5.74, 6) is 0.0624. The molecule has 84 valence electrons. The molecule has 0 amide bonds. The number of aryl methyl sites for hydroxylation is 1. The minimum atomic E-state index is -0.303. The molecule has 16 heavy (non-hydrogen) atoms. The quantitative estimate of drug-likeness (QED) is 0.794. The third-order valence-electron chi connectivity index (χ3n) is 2.52. The van der Waals surface area contributed by atoms with Gasteiger partial charge in [-0.1, -0.05) is 41.1 Å². The number of nitriles is 1. The van der Waals surface area contributed by atoms with Crippen molar-refractivity contribution in [3.63, 3.8) is 0 Å². The van der Waals surface area contributed by atoms with Gasteiger partial charge < -0.3 is 0 Å². The maximum atomic E-state index is 11.4. The van der Waals surface area contributed by atoms with Crippen LogP contribution in [-0.4, -0.2) is 5.78 Å². The predicted octanol–water partition coefficient (Wildman–Crippen LogP) is 3.34. The van der Waals surface area contributed by atoms with Gasteiger partial charge in [-0.25, -0.2) is 0 Å². The van der Waals surface area contributed by atoms with Gasteiger partial charge in [-0.15, -0.1) is 0 Å². The molecule has 0 aliphatic heterocycles. The van der Waals surface area contributed by atoms with Crippen LogP contribution in [0, 0.1) is 11.3 Å². The van der Waals surface area contributed by atoms with Gasteiger partial charge in [-0.3, -0.25) is 4.79 Å². The van der Waals surface area contributed by atoms with E-state index in [2.05, 4.69) is 28.9 Å². The summed E-state index contributed by atoms with van der Waals surface area (Å²) in [5, 5.41) is 8.74. The minimum absolute atomic E-state index is 0.0624. The molecule has 1 aromatic rings. The Morgan fingerprint density at radius 2 is 2.25 bits per heavy atom. The van der Waals surface area contributed by atoms with Crippen molar-refractivity contribution < 1.29 is 4.79 Å². The monoisotopic (exact) mass is 279 g/mol. The number of hydrogen-bond acceptors (Lipinski definition) is 2. The molecule has 0 saturated carbocycles. The lowest BCUT2D eigenvalue weighted by molar-refractivity contribution is -0.116. The second-order valence-electron chi connectivity index (χ2n) is 3.69. The van der Waals surface area contributed by atoms with E-state index in [4.69, 9.17) is 5.26 Å². The van der Waals surface area contributed by atoms with E-state index < -0.39 is 0 Å². The summed E-state index contributed by atoms with van der Waals surface area (Å²) in [6, 6.07) is 8.08. The fraction of sp³-hybridized carbons (Fsp3) is 0.385. The van der Waals surface area contributed by atoms with Gasteiger partial charge in [0.15, 0.2) is 0 Å². The Bertz CT molecular complexity index is 434. The Balaban J connectivity index is 3.20. The average Bonchev–Trinajstić information content (AvgIpc) is 2.29. The van der Waals surface area contributed by atoms with E-state index in [1.54, 1.807) is 6.92 Å². The molecule has 0 aliphatic carbocycles. The van der Waals surface area contributed by atoms with Gasteiger partial charge >= 0.3 is 0 Å². The van der Waals surface area contributed by atoms with Crippen LogP contribution in [-0.2, 0) is 17.6 Å². The van der Waals surface area contributed by atoms with Crippen molar-refractivity contribution in [3.05, 3.63) is 34.9 Å². The molecule has 1 aromatic carbocycles. The minimum Gasteiger partial charge on any atom is -0.298 e. The zero-order valence-electron chi connectivity index (χ0n) is 9.46. The summed E-state index contributed by atoms with van der Waals surface area (Å²) in [6.45, 7) is 3.62. The number of carbonyl (C=O) groups is 1. The van der Waals surface area contributed by atoms with E-state index in [-0.39, 0.29) is 10.6 Å². The standard InChI is InChI=1S/C13H14BrNO/c1-3-10-4-5-11(6-7-15)12(8-10)13(14)9(2)16/h4-5,8,13H,3,6H2,1-2H3. The summed E-state index contributed by atoms with van der Waals surface area (Å²) in [6.07, 6.45) is 1.27. The number of hydrogen-bond donors (Lipinski definition) is 0. The van der Waals surface area contributed by atoms with E-state index in [9.17, 15) is 4.79 Å². The highest BCUT2D eigenvalue weighted by molar-refractivity contribution is 9.09. The Labute approximate surface area is 104 Å². The Kier molecular flexibility index (Phi) is 4.70. The molecule has 0 heterocycles. The fourth-order valence-corrected chi connectivity index (χ4v) is 1.99. The predicted molar refractivity (Wildman–Crippen MR) is 67.5 cm³/mol. The normalized spacial score (nSPS) is 11.9. The summed E-state index contributed by atoms with van der Waals surface area (Å²) >= 11 is 3.38. The Morgan fingerprint density at radius 3 is 2.75 bits per heavy atom. The van der Waals surface area contributed by atoms with Crippen molar-refractivity contribution in [2.24, 2.45) is 0 Å². The number of nitrogens with zero attached hydrogens (tertiary/aromatic N) is 1. The van der Waals surface area contributed by atoms with Crippen LogP contribution in [0.15, 0.2) is 18.2 Å². The molecule has 1 rings (SSSR count). The lowest BCUT2D eigenvalue weighted by Gasteiger charge is -2.12. The first-order valence-electron chi connectivity index (χ1n) is 5.23. The smallest absolute Gasteiger partial charge is 0.147 e. The van der Waals surface area contributed by atoms with E-state index >= 15 is 0 Å². The summed E-state index contributed by atoms with van der Waals surface area (Å²) in [4.78, 5) is 11.1. The zero-order valence-corrected chi connectivity index (χ0v) is 11.0. The van der Waals surface area contributed by atoms with Crippen LogP contribution >= 0.6 is 15.9 Å². The molecule has 0 bridgehead atoms. The van der Waals surface area contributed by atoms with Crippen LogP contribution in [0.4, 0.5) is 0 Å². The van der Waals surface area contributed by atoms with Crippen molar-refractivity contribution in [3.8, 4) is 6.07 Å². The molecule has 3 heteroatoms. The molecule has 1 unspecified atom stereocenters. The molecule has 0 N–H and O–H groups in total. The molecule has 0 aromatic heterocycles. The summed E-state index contributed by atoms with van der Waals surface area (Å²) in [7, 11) is 0. The SMILES string of the molecule is CCc1ccc(CC#N)c(C(Br)C(C)=O)c1. The van der Waals surface area contributed by atoms with E-state index in [1.165, 1.54) is 5.56 Å². The third-order valence-corrected chi connectivity index (χ3v) is 3.66. The largest absolute Gasteiger partial charge is 0.298 e. The average molecular weight is 280 g/mol. The topological polar surface area (TPSA) is 40.9 Å². The van der Waals surface area contributed by atoms with E-state index in [0.29, 0.717) is 6.42 Å². The van der Waals surface area contributed by atoms with Gasteiger partial charge in [0.05, 0.1) is 17.3 Å². The van der Waals surface area contributed by atoms with Crippen molar-refractivity contribution in [2.75, 3.05) is 0 Å². The van der Waals surface area contributed by atoms with E-state index in [1.807, 2.05) is 18.2 Å². The molecule has 0 radical (unpaired) electrons. The first-order chi connectivity index (χ1) is 7.60. The highest BCUT2D eigenvalue weighted by atomic mass is 79.9. The van der Waals surface area contributed by atoms with Crippen molar-refractivity contribution in [2.45, 2.75) is 31.5 Å². The molecule has 0 aliphatic rings. The first kappa shape index (κ1) is 12.9. The summed E-state index contributed by atoms with van der Waals surface area (Å²) < 4.78 is 0. The van der Waals surface area contributed by atoms with Gasteiger partial charge in [0.2, 0.25) is 0 Å². The maximum absolute atomic E-state index is 11.4. The lowest BCUT2D eigenvalue weighted by atomic mass is 9.97. The Morgan fingerprint density at radius 1 is 1.56 bits per heavy atom. The highest BCUT2D eigenvalue weighted by Gasteiger charge is 2.16. The number of halogens is 1. The second-order valence-corrected chi connectivity index (χ2v) is 4.61. The third kappa shape index (κ3) is 2.93. The zero-order chi connectivity index (χ0) is 12.1. The summed E-state index contributed by atoms with van der Waals surface area (Å²) in [5.41, 5.74) is 3.03. The number of carbonyl (C=O) groups excluding carboxylic acids is 1. The van der Waals surface area contributed by atoms with Crippen molar-refractivity contribution in [1.29, 1.82) is 5.26 Å². The first-order valence-corrected chi connectivity index (χ1v) is 6.14. The van der Waals surface area contributed by atoms with Gasteiger partial charge in [-0.05, 0) is 30.0 Å². The number of Topliss-reactive ketones (excluding diaryl/α,β-unsaturated/α-hetero) is 1. The number of ketones is 1. The highest BCUT2D eigenvalue weighted by Crippen LogP contribution is 2.28. The second kappa shape index (κ2) is 5.81. The van der Waals surface area contributed by atoms with Gasteiger partial charge in [0.25, 0.3) is 0 Å². The van der Waals surface area contributed by atoms with Gasteiger partial charge in [0, 0.05) is 0 Å². The maximum Gasteiger partial charge on any atom is 0.147 e. The van der Waals surface area contributed by atoms with E-state index in [0.717, 1.165) is 17.5 Å². The van der Waals surface area contributed by atoms with Gasteiger partial charge in [0.1, 0.15) is 5.78 Å². The number of benzene rings is 1. The van der Waals surface area contributed by atoms with Crippen LogP contribution in [0.3, 0.4) is 0 Å². The lowest BCUT2D eigenvalue weighted by Crippen LogP contribution is -2.05. The molecular formula is C13H14BrNO. The van der Waals surface area contributed by atoms with Crippen LogP contribution in [0.25, 0.3) is 0 Å². The Hall–Kier alpha value is -1.14. The molecule has 0 fully saturated rings. The van der Waals surface area contributed by atoms with Crippen LogP contribution in [0.5, 0.6) is 0 Å². The molecule has 1 atom stereocenters. The molecular weight excluding hydrogens is 266 g/mol. The molecule has 2 nitrogen and oxygen atoms in total. The van der Waals surface area contributed by atoms with Gasteiger partial charge in [-0.2, -0.15) is 5.26 Å².